The number of carbonyl (C=O) groups is 3. The quantitative estimate of drug-likeness (QED) is 0.481. The maximum atomic E-state index is 14.4. The minimum absolute atomic E-state index is 0.0239. The van der Waals surface area contributed by atoms with E-state index in [1.54, 1.807) is 35.5 Å². The number of aromatic nitrogens is 3. The molecule has 12 nitrogen and oxygen atoms in total. The second kappa shape index (κ2) is 12.2. The van der Waals surface area contributed by atoms with E-state index in [0.29, 0.717) is 19.6 Å². The van der Waals surface area contributed by atoms with Gasteiger partial charge in [-0.1, -0.05) is 12.1 Å². The molecule has 0 saturated carbocycles. The number of pyridine rings is 1. The predicted octanol–water partition coefficient (Wildman–Crippen LogP) is 0.756. The Morgan fingerprint density at radius 2 is 1.88 bits per heavy atom. The fourth-order valence-corrected chi connectivity index (χ4v) is 5.64. The number of nitrogens with zero attached hydrogens (tertiary/aromatic N) is 6. The van der Waals surface area contributed by atoms with E-state index in [9.17, 15) is 18.8 Å². The summed E-state index contributed by atoms with van der Waals surface area (Å²) < 4.78 is 26.5. The molecule has 3 atom stereocenters. The van der Waals surface area contributed by atoms with Crippen LogP contribution in [0.25, 0.3) is 0 Å². The maximum absolute atomic E-state index is 14.4. The molecule has 3 aliphatic rings. The second-order valence-electron chi connectivity index (χ2n) is 10.5. The van der Waals surface area contributed by atoms with Crippen LogP contribution in [0.5, 0.6) is 5.88 Å². The first-order valence-corrected chi connectivity index (χ1v) is 13.8. The van der Waals surface area contributed by atoms with E-state index < -0.39 is 29.9 Å². The summed E-state index contributed by atoms with van der Waals surface area (Å²) in [4.78, 5) is 57.7. The number of hydrogen-bond acceptors (Lipinski definition) is 9. The molecular weight excluding hydrogens is 545 g/mol. The number of nitrogens with one attached hydrogen (secondary N) is 1. The highest BCUT2D eigenvalue weighted by molar-refractivity contribution is 5.96. The van der Waals surface area contributed by atoms with Crippen molar-refractivity contribution in [3.63, 3.8) is 0 Å². The van der Waals surface area contributed by atoms with E-state index in [1.807, 2.05) is 0 Å². The van der Waals surface area contributed by atoms with E-state index >= 15 is 0 Å². The molecule has 5 heterocycles. The molecule has 0 unspecified atom stereocenters. The van der Waals surface area contributed by atoms with Crippen molar-refractivity contribution in [3.8, 4) is 5.88 Å². The summed E-state index contributed by atoms with van der Waals surface area (Å²) in [7, 11) is 0. The van der Waals surface area contributed by atoms with Crippen LogP contribution in [0.15, 0.2) is 61.3 Å². The monoisotopic (exact) mass is 575 g/mol. The predicted molar refractivity (Wildman–Crippen MR) is 146 cm³/mol. The Hall–Kier alpha value is -4.49. The molecule has 42 heavy (non-hydrogen) atoms. The van der Waals surface area contributed by atoms with Gasteiger partial charge in [0.15, 0.2) is 0 Å². The Kier molecular flexibility index (Phi) is 8.02. The molecule has 3 amide bonds. The molecule has 1 N–H and O–H groups in total. The standard InChI is InChI=1S/C29H30FN7O5/c30-23-6-2-1-4-21(23)29(40)36-8-9-37-20(13-36)16-42-28-22(5-3-7-33-28)27(39)34-24-14-35(12-19-10-31-18-32-11-19)15-25(24)41-17-26(37)38/h1-7,10-11,18,20,24-25H,8-9,12-17H2,(H,34,39)/t20-,24+,25-/m0/s1. The number of rotatable bonds is 3. The molecule has 0 spiro atoms. The van der Waals surface area contributed by atoms with Gasteiger partial charge in [0.2, 0.25) is 11.8 Å². The number of benzene rings is 1. The highest BCUT2D eigenvalue weighted by Crippen LogP contribution is 2.23. The van der Waals surface area contributed by atoms with Crippen molar-refractivity contribution in [1.29, 1.82) is 0 Å². The molecule has 0 aliphatic carbocycles. The summed E-state index contributed by atoms with van der Waals surface area (Å²) in [5.74, 6) is -1.58. The maximum Gasteiger partial charge on any atom is 0.257 e. The lowest BCUT2D eigenvalue weighted by Crippen LogP contribution is -2.59. The van der Waals surface area contributed by atoms with Gasteiger partial charge in [0.1, 0.15) is 30.9 Å². The highest BCUT2D eigenvalue weighted by atomic mass is 19.1. The molecule has 1 aromatic carbocycles. The van der Waals surface area contributed by atoms with Crippen LogP contribution in [0.1, 0.15) is 26.3 Å². The van der Waals surface area contributed by atoms with Crippen LogP contribution in [-0.2, 0) is 16.1 Å². The summed E-state index contributed by atoms with van der Waals surface area (Å²) in [6, 6.07) is 8.12. The van der Waals surface area contributed by atoms with Crippen molar-refractivity contribution in [2.24, 2.45) is 0 Å². The number of amides is 3. The Balaban J connectivity index is 1.24. The first kappa shape index (κ1) is 27.7. The van der Waals surface area contributed by atoms with Gasteiger partial charge in [-0.25, -0.2) is 19.3 Å². The van der Waals surface area contributed by atoms with Crippen molar-refractivity contribution in [2.45, 2.75) is 24.7 Å². The van der Waals surface area contributed by atoms with E-state index in [2.05, 4.69) is 25.2 Å². The SMILES string of the molecule is O=C1N[C@@H]2CN(Cc3cncnc3)C[C@@H]2OCC(=O)N2CCN(C(=O)c3ccccc3F)C[C@H]2COc2ncccc21. The van der Waals surface area contributed by atoms with Gasteiger partial charge in [-0.2, -0.15) is 0 Å². The highest BCUT2D eigenvalue weighted by Gasteiger charge is 2.39. The molecule has 2 saturated heterocycles. The smallest absolute Gasteiger partial charge is 0.257 e. The Bertz CT molecular complexity index is 1460. The summed E-state index contributed by atoms with van der Waals surface area (Å²) >= 11 is 0. The molecule has 0 radical (unpaired) electrons. The van der Waals surface area contributed by atoms with E-state index in [4.69, 9.17) is 9.47 Å². The van der Waals surface area contributed by atoms with Gasteiger partial charge in [-0.05, 0) is 24.3 Å². The third-order valence-corrected chi connectivity index (χ3v) is 7.72. The zero-order chi connectivity index (χ0) is 29.1. The van der Waals surface area contributed by atoms with Crippen molar-refractivity contribution >= 4 is 17.7 Å². The van der Waals surface area contributed by atoms with Crippen LogP contribution in [0.4, 0.5) is 4.39 Å². The second-order valence-corrected chi connectivity index (χ2v) is 10.5. The van der Waals surface area contributed by atoms with Gasteiger partial charge in [0.05, 0.1) is 23.8 Å². The van der Waals surface area contributed by atoms with Gasteiger partial charge in [-0.15, -0.1) is 0 Å². The normalized spacial score (nSPS) is 23.3. The van der Waals surface area contributed by atoms with Crippen LogP contribution < -0.4 is 10.1 Å². The number of hydrogen-bond donors (Lipinski definition) is 1. The third kappa shape index (κ3) is 5.92. The zero-order valence-electron chi connectivity index (χ0n) is 22.8. The van der Waals surface area contributed by atoms with Gasteiger partial charge in [0, 0.05) is 63.4 Å². The number of ether oxygens (including phenoxy) is 2. The van der Waals surface area contributed by atoms with Gasteiger partial charge < -0.3 is 24.6 Å². The Labute approximate surface area is 241 Å². The number of halogens is 1. The van der Waals surface area contributed by atoms with E-state index in [-0.39, 0.29) is 61.7 Å². The largest absolute Gasteiger partial charge is 0.475 e. The third-order valence-electron chi connectivity index (χ3n) is 7.72. The lowest BCUT2D eigenvalue weighted by molar-refractivity contribution is -0.143. The summed E-state index contributed by atoms with van der Waals surface area (Å²) in [5.41, 5.74) is 1.13. The van der Waals surface area contributed by atoms with E-state index in [1.165, 1.54) is 35.6 Å². The summed E-state index contributed by atoms with van der Waals surface area (Å²) in [6.07, 6.45) is 6.01. The van der Waals surface area contributed by atoms with Gasteiger partial charge >= 0.3 is 0 Å². The number of fused-ring (bicyclic) bond motifs is 3. The van der Waals surface area contributed by atoms with Crippen LogP contribution in [0, 0.1) is 5.82 Å². The van der Waals surface area contributed by atoms with Gasteiger partial charge in [-0.3, -0.25) is 19.3 Å². The lowest BCUT2D eigenvalue weighted by atomic mass is 10.1. The fraction of sp³-hybridized carbons (Fsp3) is 0.379. The minimum Gasteiger partial charge on any atom is -0.475 e. The topological polar surface area (TPSA) is 130 Å². The number of carbonyl (C=O) groups excluding carboxylic acids is 3. The minimum atomic E-state index is -0.607. The number of likely N-dealkylation sites (tertiary alicyclic amines) is 1. The van der Waals surface area contributed by atoms with Crippen molar-refractivity contribution in [1.82, 2.24) is 35.0 Å². The first-order valence-electron chi connectivity index (χ1n) is 13.8. The van der Waals surface area contributed by atoms with Crippen LogP contribution in [-0.4, -0.2) is 111 Å². The zero-order valence-corrected chi connectivity index (χ0v) is 22.8. The molecule has 6 rings (SSSR count). The molecule has 218 valence electrons. The fourth-order valence-electron chi connectivity index (χ4n) is 5.64. The lowest BCUT2D eigenvalue weighted by Gasteiger charge is -2.41. The molecule has 2 fully saturated rings. The van der Waals surface area contributed by atoms with Gasteiger partial charge in [0.25, 0.3) is 11.8 Å². The average Bonchev–Trinajstić information content (AvgIpc) is 3.39. The summed E-state index contributed by atoms with van der Waals surface area (Å²) in [5, 5.41) is 3.04. The van der Waals surface area contributed by atoms with Crippen molar-refractivity contribution < 1.29 is 28.2 Å². The average molecular weight is 576 g/mol. The molecule has 3 aromatic rings. The van der Waals surface area contributed by atoms with Crippen LogP contribution >= 0.6 is 0 Å². The molecule has 0 bridgehead atoms. The Morgan fingerprint density at radius 3 is 2.71 bits per heavy atom. The van der Waals surface area contributed by atoms with Crippen molar-refractivity contribution in [3.05, 3.63) is 83.8 Å². The summed E-state index contributed by atoms with van der Waals surface area (Å²) in [6.45, 7) is 1.87. The van der Waals surface area contributed by atoms with E-state index in [0.717, 1.165) is 5.56 Å². The molecule has 3 aliphatic heterocycles. The molecule has 2 aromatic heterocycles. The molecular formula is C29H30FN7O5. The van der Waals surface area contributed by atoms with Crippen LogP contribution in [0.3, 0.4) is 0 Å². The van der Waals surface area contributed by atoms with Crippen molar-refractivity contribution in [2.75, 3.05) is 45.9 Å². The molecule has 13 heteroatoms. The van der Waals surface area contributed by atoms with Crippen LogP contribution in [0.2, 0.25) is 0 Å². The first-order chi connectivity index (χ1) is 20.5. The number of piperazine rings is 1. The Morgan fingerprint density at radius 1 is 1.05 bits per heavy atom.